The van der Waals surface area contributed by atoms with E-state index in [9.17, 15) is 0 Å². The molecule has 1 rings (SSSR count). The van der Waals surface area contributed by atoms with Crippen LogP contribution in [0, 0.1) is 11.3 Å². The predicted octanol–water partition coefficient (Wildman–Crippen LogP) is 5.16. The van der Waals surface area contributed by atoms with E-state index in [1.165, 1.54) is 12.5 Å². The Bertz CT molecular complexity index is 214. The molecule has 1 aromatic carbocycles. The van der Waals surface area contributed by atoms with Crippen LogP contribution in [0.4, 0.5) is 0 Å². The molecule has 0 spiro atoms. The van der Waals surface area contributed by atoms with E-state index in [2.05, 4.69) is 28.1 Å². The second-order valence-electron chi connectivity index (χ2n) is 1.84. The minimum atomic E-state index is 0.952. The second-order valence-corrected chi connectivity index (χ2v) is 2.40. The fraction of sp³-hybridized carbons (Fsp3) is 0.462. The van der Waals surface area contributed by atoms with Gasteiger partial charge in [0.25, 0.3) is 0 Å². The average Bonchev–Trinajstić information content (AvgIpc) is 2.36. The van der Waals surface area contributed by atoms with Crippen LogP contribution in [0.1, 0.15) is 40.2 Å². The van der Waals surface area contributed by atoms with Crippen LogP contribution in [-0.2, 0) is 5.33 Å². The van der Waals surface area contributed by atoms with E-state index in [1.54, 1.807) is 6.07 Å². The molecular formula is C13H22BrN. The van der Waals surface area contributed by atoms with Crippen molar-refractivity contribution in [3.8, 4) is 6.07 Å². The molecule has 0 aliphatic carbocycles. The molecule has 0 bridgehead atoms. The van der Waals surface area contributed by atoms with Gasteiger partial charge < -0.3 is 0 Å². The molecule has 1 nitrogen and oxygen atoms in total. The van der Waals surface area contributed by atoms with Crippen molar-refractivity contribution in [1.82, 2.24) is 0 Å². The lowest BCUT2D eigenvalue weighted by atomic mass is 10.2. The number of nitriles is 1. The van der Waals surface area contributed by atoms with Crippen LogP contribution in [0.25, 0.3) is 0 Å². The Morgan fingerprint density at radius 2 is 1.40 bits per heavy atom. The molecular weight excluding hydrogens is 250 g/mol. The first-order valence-corrected chi connectivity index (χ1v) is 6.38. The van der Waals surface area contributed by atoms with Crippen molar-refractivity contribution in [2.24, 2.45) is 0 Å². The highest BCUT2D eigenvalue weighted by molar-refractivity contribution is 9.08. The molecule has 0 fully saturated rings. The summed E-state index contributed by atoms with van der Waals surface area (Å²) < 4.78 is 0. The van der Waals surface area contributed by atoms with Crippen molar-refractivity contribution >= 4 is 15.9 Å². The summed E-state index contributed by atoms with van der Waals surface area (Å²) in [7, 11) is 0. The number of alkyl halides is 1. The average molecular weight is 272 g/mol. The molecule has 0 aromatic heterocycles. The van der Waals surface area contributed by atoms with Crippen molar-refractivity contribution in [3.05, 3.63) is 35.9 Å². The maximum Gasteiger partial charge on any atom is 0.0587 e. The van der Waals surface area contributed by atoms with Gasteiger partial charge in [-0.05, 0) is 5.56 Å². The van der Waals surface area contributed by atoms with Crippen molar-refractivity contribution in [1.29, 1.82) is 5.26 Å². The highest BCUT2D eigenvalue weighted by atomic mass is 79.9. The smallest absolute Gasteiger partial charge is 0.0587 e. The van der Waals surface area contributed by atoms with Gasteiger partial charge in [0.05, 0.1) is 6.07 Å². The summed E-state index contributed by atoms with van der Waals surface area (Å²) in [4.78, 5) is 0. The minimum absolute atomic E-state index is 0.952. The molecule has 0 radical (unpaired) electrons. The van der Waals surface area contributed by atoms with Gasteiger partial charge in [0.1, 0.15) is 0 Å². The topological polar surface area (TPSA) is 23.8 Å². The normalized spacial score (nSPS) is 6.20. The van der Waals surface area contributed by atoms with Crippen LogP contribution in [-0.4, -0.2) is 0 Å². The number of hydrogen-bond acceptors (Lipinski definition) is 1. The summed E-state index contributed by atoms with van der Waals surface area (Å²) >= 11 is 3.36. The number of hydrogen-bond donors (Lipinski definition) is 0. The molecule has 0 amide bonds. The number of rotatable bonds is 1. The van der Waals surface area contributed by atoms with E-state index in [1.807, 2.05) is 45.9 Å². The minimum Gasteiger partial charge on any atom is -0.199 e. The van der Waals surface area contributed by atoms with Crippen molar-refractivity contribution in [2.45, 2.75) is 39.9 Å². The number of nitrogens with zero attached hydrogens (tertiary/aromatic N) is 1. The highest BCUT2D eigenvalue weighted by Gasteiger charge is 1.81. The van der Waals surface area contributed by atoms with Gasteiger partial charge in [0.15, 0.2) is 0 Å². The van der Waals surface area contributed by atoms with E-state index in [4.69, 9.17) is 5.26 Å². The summed E-state index contributed by atoms with van der Waals surface area (Å²) in [6.07, 6.45) is 0. The third-order valence-electron chi connectivity index (χ3n) is 0.997. The quantitative estimate of drug-likeness (QED) is 0.647. The van der Waals surface area contributed by atoms with Gasteiger partial charge >= 0.3 is 0 Å². The van der Waals surface area contributed by atoms with E-state index in [0.29, 0.717) is 0 Å². The summed E-state index contributed by atoms with van der Waals surface area (Å²) in [5.41, 5.74) is 1.33. The molecule has 86 valence electrons. The first kappa shape index (κ1) is 19.7. The molecule has 2 heteroatoms. The Balaban J connectivity index is -0.000000176. The summed E-state index contributed by atoms with van der Waals surface area (Å²) in [5, 5.41) is 8.27. The predicted molar refractivity (Wildman–Crippen MR) is 73.1 cm³/mol. The van der Waals surface area contributed by atoms with Crippen LogP contribution >= 0.6 is 15.9 Å². The van der Waals surface area contributed by atoms with Crippen molar-refractivity contribution in [3.63, 3.8) is 0 Å². The summed E-state index contributed by atoms with van der Waals surface area (Å²) in [6, 6.07) is 12.0. The fourth-order valence-electron chi connectivity index (χ4n) is 0.567. The SMILES string of the molecule is BrCc1ccccc1.CC.CC.CC#N. The van der Waals surface area contributed by atoms with Crippen LogP contribution in [0.5, 0.6) is 0 Å². The van der Waals surface area contributed by atoms with Crippen LogP contribution in [0.2, 0.25) is 0 Å². The summed E-state index contributed by atoms with van der Waals surface area (Å²) in [5.74, 6) is 0. The monoisotopic (exact) mass is 271 g/mol. The Morgan fingerprint density at radius 1 is 1.07 bits per heavy atom. The molecule has 0 aliphatic rings. The third kappa shape index (κ3) is 19.6. The molecule has 0 unspecified atom stereocenters. The Morgan fingerprint density at radius 3 is 1.60 bits per heavy atom. The van der Waals surface area contributed by atoms with Gasteiger partial charge in [-0.1, -0.05) is 74.0 Å². The zero-order chi connectivity index (χ0) is 12.5. The molecule has 0 N–H and O–H groups in total. The second kappa shape index (κ2) is 23.2. The molecule has 15 heavy (non-hydrogen) atoms. The first-order valence-electron chi connectivity index (χ1n) is 5.26. The Hall–Kier alpha value is -0.810. The standard InChI is InChI=1S/C7H7Br.C2H3N.2C2H6/c8-6-7-4-2-1-3-5-7;1-2-3;2*1-2/h1-5H,6H2;1H3;2*1-2H3. The zero-order valence-electron chi connectivity index (χ0n) is 10.4. The van der Waals surface area contributed by atoms with Crippen LogP contribution in [0.15, 0.2) is 30.3 Å². The lowest BCUT2D eigenvalue weighted by molar-refractivity contribution is 1.44. The summed E-state index contributed by atoms with van der Waals surface area (Å²) in [6.45, 7) is 9.43. The van der Waals surface area contributed by atoms with Gasteiger partial charge in [-0.2, -0.15) is 5.26 Å². The van der Waals surface area contributed by atoms with Crippen molar-refractivity contribution < 1.29 is 0 Å². The van der Waals surface area contributed by atoms with Gasteiger partial charge in [0.2, 0.25) is 0 Å². The first-order chi connectivity index (χ1) is 7.35. The lowest BCUT2D eigenvalue weighted by Crippen LogP contribution is -1.70. The molecule has 1 aromatic rings. The maximum atomic E-state index is 7.32. The van der Waals surface area contributed by atoms with Crippen LogP contribution < -0.4 is 0 Å². The Kier molecular flexibility index (Phi) is 30.5. The third-order valence-corrected chi connectivity index (χ3v) is 1.64. The number of benzene rings is 1. The number of halogens is 1. The van der Waals surface area contributed by atoms with E-state index < -0.39 is 0 Å². The van der Waals surface area contributed by atoms with E-state index in [0.717, 1.165) is 5.33 Å². The van der Waals surface area contributed by atoms with Gasteiger partial charge in [-0.15, -0.1) is 0 Å². The lowest BCUT2D eigenvalue weighted by Gasteiger charge is -1.88. The highest BCUT2D eigenvalue weighted by Crippen LogP contribution is 2.02. The molecule has 0 atom stereocenters. The van der Waals surface area contributed by atoms with E-state index >= 15 is 0 Å². The maximum absolute atomic E-state index is 7.32. The molecule has 0 aliphatic heterocycles. The van der Waals surface area contributed by atoms with Crippen LogP contribution in [0.3, 0.4) is 0 Å². The molecule has 0 heterocycles. The van der Waals surface area contributed by atoms with E-state index in [-0.39, 0.29) is 0 Å². The largest absolute Gasteiger partial charge is 0.199 e. The molecule has 0 saturated heterocycles. The fourth-order valence-corrected chi connectivity index (χ4v) is 0.941. The zero-order valence-corrected chi connectivity index (χ0v) is 12.0. The Labute approximate surface area is 103 Å². The van der Waals surface area contributed by atoms with Gasteiger partial charge in [-0.3, -0.25) is 0 Å². The van der Waals surface area contributed by atoms with Crippen molar-refractivity contribution in [2.75, 3.05) is 0 Å². The molecule has 0 saturated carbocycles. The van der Waals surface area contributed by atoms with Gasteiger partial charge in [0, 0.05) is 12.3 Å². The van der Waals surface area contributed by atoms with Gasteiger partial charge in [-0.25, -0.2) is 0 Å².